The fraction of sp³-hybridized carbons (Fsp3) is 0.643. The molecule has 2 aliphatic rings. The van der Waals surface area contributed by atoms with Crippen LogP contribution in [0, 0.1) is 11.8 Å². The van der Waals surface area contributed by atoms with E-state index in [1.807, 2.05) is 13.0 Å². The van der Waals surface area contributed by atoms with Crippen LogP contribution < -0.4 is 0 Å². The Morgan fingerprint density at radius 1 is 1.58 bits per heavy atom. The number of hydrogen-bond donors (Lipinski definition) is 1. The number of aliphatic hydroxyl groups is 1. The second kappa shape index (κ2) is 6.21. The first kappa shape index (κ1) is 14.1. The SMILES string of the molecule is CCCOC1OC=C(C(=O)OC)C2CC=C(CO)C12. The number of carbonyl (C=O) groups is 1. The molecule has 106 valence electrons. The highest BCUT2D eigenvalue weighted by Crippen LogP contribution is 2.43. The molecular formula is C14H20O5. The summed E-state index contributed by atoms with van der Waals surface area (Å²) in [4.78, 5) is 11.7. The van der Waals surface area contributed by atoms with Gasteiger partial charge in [-0.05, 0) is 18.4 Å². The van der Waals surface area contributed by atoms with Crippen molar-refractivity contribution in [3.05, 3.63) is 23.5 Å². The molecule has 3 unspecified atom stereocenters. The molecule has 0 spiro atoms. The summed E-state index contributed by atoms with van der Waals surface area (Å²) in [7, 11) is 1.35. The zero-order valence-electron chi connectivity index (χ0n) is 11.3. The molecule has 0 aromatic rings. The maximum atomic E-state index is 11.7. The maximum absolute atomic E-state index is 11.7. The fourth-order valence-corrected chi connectivity index (χ4v) is 2.68. The summed E-state index contributed by atoms with van der Waals surface area (Å²) in [6.45, 7) is 2.58. The summed E-state index contributed by atoms with van der Waals surface area (Å²) < 4.78 is 16.0. The molecule has 0 saturated heterocycles. The molecule has 0 saturated carbocycles. The van der Waals surface area contributed by atoms with Gasteiger partial charge in [-0.15, -0.1) is 0 Å². The van der Waals surface area contributed by atoms with E-state index in [-0.39, 0.29) is 24.4 Å². The summed E-state index contributed by atoms with van der Waals surface area (Å²) >= 11 is 0. The van der Waals surface area contributed by atoms with Gasteiger partial charge >= 0.3 is 5.97 Å². The predicted molar refractivity (Wildman–Crippen MR) is 68.0 cm³/mol. The first-order valence-corrected chi connectivity index (χ1v) is 6.58. The standard InChI is InChI=1S/C14H20O5/c1-3-6-18-14-12-9(7-15)4-5-10(12)11(8-19-14)13(16)17-2/h4,8,10,12,14-15H,3,5-7H2,1-2H3. The molecule has 5 nitrogen and oxygen atoms in total. The van der Waals surface area contributed by atoms with Gasteiger partial charge in [0, 0.05) is 5.92 Å². The van der Waals surface area contributed by atoms with Gasteiger partial charge < -0.3 is 19.3 Å². The van der Waals surface area contributed by atoms with E-state index >= 15 is 0 Å². The van der Waals surface area contributed by atoms with Crippen LogP contribution in [0.1, 0.15) is 19.8 Å². The number of carbonyl (C=O) groups excluding carboxylic acids is 1. The van der Waals surface area contributed by atoms with E-state index in [0.29, 0.717) is 18.6 Å². The number of esters is 1. The Balaban J connectivity index is 2.20. The van der Waals surface area contributed by atoms with Crippen LogP contribution in [0.25, 0.3) is 0 Å². The Morgan fingerprint density at radius 2 is 2.37 bits per heavy atom. The molecule has 1 aliphatic carbocycles. The number of rotatable bonds is 5. The molecule has 1 heterocycles. The zero-order chi connectivity index (χ0) is 13.8. The van der Waals surface area contributed by atoms with Crippen molar-refractivity contribution >= 4 is 5.97 Å². The highest BCUT2D eigenvalue weighted by molar-refractivity contribution is 5.89. The molecule has 5 heteroatoms. The van der Waals surface area contributed by atoms with Gasteiger partial charge in [-0.25, -0.2) is 4.79 Å². The molecule has 1 aliphatic heterocycles. The lowest BCUT2D eigenvalue weighted by Gasteiger charge is -2.34. The Morgan fingerprint density at radius 3 is 3.00 bits per heavy atom. The van der Waals surface area contributed by atoms with E-state index in [4.69, 9.17) is 14.2 Å². The van der Waals surface area contributed by atoms with E-state index in [1.165, 1.54) is 13.4 Å². The number of aliphatic hydroxyl groups excluding tert-OH is 1. The first-order chi connectivity index (χ1) is 9.22. The van der Waals surface area contributed by atoms with Gasteiger partial charge in [0.1, 0.15) is 0 Å². The van der Waals surface area contributed by atoms with Crippen LogP contribution in [0.2, 0.25) is 0 Å². The van der Waals surface area contributed by atoms with E-state index < -0.39 is 6.29 Å². The Bertz CT molecular complexity index is 399. The van der Waals surface area contributed by atoms with Crippen molar-refractivity contribution < 1.29 is 24.1 Å². The third-order valence-electron chi connectivity index (χ3n) is 3.61. The van der Waals surface area contributed by atoms with Crippen LogP contribution in [0.3, 0.4) is 0 Å². The summed E-state index contributed by atoms with van der Waals surface area (Å²) in [6, 6.07) is 0. The smallest absolute Gasteiger partial charge is 0.337 e. The van der Waals surface area contributed by atoms with E-state index in [0.717, 1.165) is 12.0 Å². The van der Waals surface area contributed by atoms with Crippen molar-refractivity contribution in [2.45, 2.75) is 26.1 Å². The molecule has 1 N–H and O–H groups in total. The second-order valence-electron chi connectivity index (χ2n) is 4.75. The van der Waals surface area contributed by atoms with E-state index in [1.54, 1.807) is 0 Å². The molecule has 0 aromatic carbocycles. The average molecular weight is 268 g/mol. The normalized spacial score (nSPS) is 29.1. The summed E-state index contributed by atoms with van der Waals surface area (Å²) in [6.07, 6.45) is 4.57. The van der Waals surface area contributed by atoms with Crippen LogP contribution in [0.4, 0.5) is 0 Å². The van der Waals surface area contributed by atoms with Crippen LogP contribution in [0.15, 0.2) is 23.5 Å². The predicted octanol–water partition coefficient (Wildman–Crippen LogP) is 1.38. The highest BCUT2D eigenvalue weighted by atomic mass is 16.7. The van der Waals surface area contributed by atoms with Crippen LogP contribution in [0.5, 0.6) is 0 Å². The van der Waals surface area contributed by atoms with Crippen molar-refractivity contribution in [2.24, 2.45) is 11.8 Å². The monoisotopic (exact) mass is 268 g/mol. The lowest BCUT2D eigenvalue weighted by Crippen LogP contribution is -2.37. The number of ether oxygens (including phenoxy) is 3. The molecule has 2 rings (SSSR count). The van der Waals surface area contributed by atoms with Gasteiger partial charge in [-0.1, -0.05) is 13.0 Å². The van der Waals surface area contributed by atoms with Gasteiger partial charge in [0.15, 0.2) is 0 Å². The van der Waals surface area contributed by atoms with E-state index in [2.05, 4.69) is 0 Å². The molecule has 0 aromatic heterocycles. The summed E-state index contributed by atoms with van der Waals surface area (Å²) in [5.41, 5.74) is 1.39. The highest BCUT2D eigenvalue weighted by Gasteiger charge is 2.44. The third-order valence-corrected chi connectivity index (χ3v) is 3.61. The molecule has 3 atom stereocenters. The maximum Gasteiger partial charge on any atom is 0.337 e. The van der Waals surface area contributed by atoms with Gasteiger partial charge in [0.2, 0.25) is 6.29 Å². The third kappa shape index (κ3) is 2.67. The number of hydrogen-bond acceptors (Lipinski definition) is 5. The minimum atomic E-state index is -0.431. The first-order valence-electron chi connectivity index (χ1n) is 6.58. The van der Waals surface area contributed by atoms with Crippen molar-refractivity contribution in [3.8, 4) is 0 Å². The largest absolute Gasteiger partial charge is 0.471 e. The lowest BCUT2D eigenvalue weighted by molar-refractivity contribution is -0.156. The van der Waals surface area contributed by atoms with Crippen molar-refractivity contribution in [1.29, 1.82) is 0 Å². The van der Waals surface area contributed by atoms with Gasteiger partial charge in [0.25, 0.3) is 0 Å². The van der Waals surface area contributed by atoms with Gasteiger partial charge in [-0.2, -0.15) is 0 Å². The second-order valence-corrected chi connectivity index (χ2v) is 4.75. The lowest BCUT2D eigenvalue weighted by atomic mass is 9.83. The zero-order valence-corrected chi connectivity index (χ0v) is 11.3. The minimum Gasteiger partial charge on any atom is -0.471 e. The number of allylic oxidation sites excluding steroid dienone is 1. The molecule has 0 amide bonds. The topological polar surface area (TPSA) is 65.0 Å². The summed E-state index contributed by atoms with van der Waals surface area (Å²) in [5.74, 6) is -0.502. The Labute approximate surface area is 112 Å². The van der Waals surface area contributed by atoms with Crippen LogP contribution in [-0.4, -0.2) is 37.7 Å². The number of methoxy groups -OCH3 is 1. The molecule has 0 fully saturated rings. The van der Waals surface area contributed by atoms with Crippen molar-refractivity contribution in [3.63, 3.8) is 0 Å². The average Bonchev–Trinajstić information content (AvgIpc) is 2.88. The summed E-state index contributed by atoms with van der Waals surface area (Å²) in [5, 5.41) is 9.42. The van der Waals surface area contributed by atoms with Gasteiger partial charge in [-0.3, -0.25) is 0 Å². The Kier molecular flexibility index (Phi) is 4.61. The van der Waals surface area contributed by atoms with Crippen LogP contribution >= 0.6 is 0 Å². The van der Waals surface area contributed by atoms with E-state index in [9.17, 15) is 9.90 Å². The van der Waals surface area contributed by atoms with Crippen molar-refractivity contribution in [1.82, 2.24) is 0 Å². The number of fused-ring (bicyclic) bond motifs is 1. The molecule has 0 radical (unpaired) electrons. The molecule has 0 bridgehead atoms. The fourth-order valence-electron chi connectivity index (χ4n) is 2.68. The quantitative estimate of drug-likeness (QED) is 0.603. The molecular weight excluding hydrogens is 248 g/mol. The van der Waals surface area contributed by atoms with Crippen LogP contribution in [-0.2, 0) is 19.0 Å². The van der Waals surface area contributed by atoms with Gasteiger partial charge in [0.05, 0.1) is 38.1 Å². The van der Waals surface area contributed by atoms with Crippen molar-refractivity contribution in [2.75, 3.05) is 20.3 Å². The minimum absolute atomic E-state index is 0.0230. The Hall–Kier alpha value is -1.33. The molecule has 19 heavy (non-hydrogen) atoms.